The monoisotopic (exact) mass is 483 g/mol. The molecule has 9 heteroatoms. The summed E-state index contributed by atoms with van der Waals surface area (Å²) in [7, 11) is -3.67. The Labute approximate surface area is 200 Å². The van der Waals surface area contributed by atoms with Gasteiger partial charge in [0, 0.05) is 38.7 Å². The van der Waals surface area contributed by atoms with Crippen molar-refractivity contribution in [1.29, 1.82) is 0 Å². The lowest BCUT2D eigenvalue weighted by atomic mass is 10.1. The fraction of sp³-hybridized carbons (Fsp3) is 0.400. The van der Waals surface area contributed by atoms with Crippen molar-refractivity contribution in [2.24, 2.45) is 0 Å². The van der Waals surface area contributed by atoms with E-state index in [0.29, 0.717) is 38.6 Å². The third kappa shape index (κ3) is 4.82. The molecular weight excluding hydrogens is 454 g/mol. The first-order valence-electron chi connectivity index (χ1n) is 11.7. The SMILES string of the molecule is O=C(/C=C/c1ccc2c(c1)CCO2)Nc1cc(S(=O)(=O)N2CCOCC2)ccc1N1CCCC1. The van der Waals surface area contributed by atoms with E-state index in [4.69, 9.17) is 9.47 Å². The number of fused-ring (bicyclic) bond motifs is 1. The first kappa shape index (κ1) is 22.9. The van der Waals surface area contributed by atoms with Gasteiger partial charge in [-0.1, -0.05) is 6.07 Å². The van der Waals surface area contributed by atoms with E-state index < -0.39 is 10.0 Å². The molecule has 5 rings (SSSR count). The maximum atomic E-state index is 13.2. The van der Waals surface area contributed by atoms with Crippen molar-refractivity contribution in [2.75, 3.05) is 56.2 Å². The summed E-state index contributed by atoms with van der Waals surface area (Å²) in [6.45, 7) is 3.87. The summed E-state index contributed by atoms with van der Waals surface area (Å²) in [5.74, 6) is 0.591. The predicted octanol–water partition coefficient (Wildman–Crippen LogP) is 2.89. The molecular formula is C25H29N3O5S. The molecule has 3 heterocycles. The van der Waals surface area contributed by atoms with Crippen molar-refractivity contribution in [3.05, 3.63) is 53.6 Å². The highest BCUT2D eigenvalue weighted by molar-refractivity contribution is 7.89. The van der Waals surface area contributed by atoms with Crippen molar-refractivity contribution in [3.8, 4) is 5.75 Å². The standard InChI is InChI=1S/C25H29N3O5S/c29-25(8-4-19-3-7-24-20(17-19)9-14-33-24)26-22-18-21(5-6-23(22)27-10-1-2-11-27)34(30,31)28-12-15-32-16-13-28/h3-8,17-18H,1-2,9-16H2,(H,26,29)/b8-4+. The number of hydrogen-bond acceptors (Lipinski definition) is 6. The van der Waals surface area contributed by atoms with Crippen LogP contribution in [0.25, 0.3) is 6.08 Å². The van der Waals surface area contributed by atoms with Gasteiger partial charge < -0.3 is 19.7 Å². The van der Waals surface area contributed by atoms with Gasteiger partial charge in [0.05, 0.1) is 36.1 Å². The lowest BCUT2D eigenvalue weighted by molar-refractivity contribution is -0.111. The number of ether oxygens (including phenoxy) is 2. The molecule has 0 spiro atoms. The highest BCUT2D eigenvalue weighted by Crippen LogP contribution is 2.33. The van der Waals surface area contributed by atoms with Crippen molar-refractivity contribution in [2.45, 2.75) is 24.2 Å². The topological polar surface area (TPSA) is 88.2 Å². The number of sulfonamides is 1. The maximum Gasteiger partial charge on any atom is 0.248 e. The molecule has 0 aromatic heterocycles. The van der Waals surface area contributed by atoms with Gasteiger partial charge in [-0.15, -0.1) is 0 Å². The molecule has 0 aliphatic carbocycles. The quantitative estimate of drug-likeness (QED) is 0.636. The number of morpholine rings is 1. The van der Waals surface area contributed by atoms with Crippen LogP contribution in [0.4, 0.5) is 11.4 Å². The summed E-state index contributed by atoms with van der Waals surface area (Å²) in [4.78, 5) is 15.2. The van der Waals surface area contributed by atoms with Crippen LogP contribution in [0.2, 0.25) is 0 Å². The summed E-state index contributed by atoms with van der Waals surface area (Å²) >= 11 is 0. The summed E-state index contributed by atoms with van der Waals surface area (Å²) in [6, 6.07) is 10.9. The summed E-state index contributed by atoms with van der Waals surface area (Å²) in [5.41, 5.74) is 3.41. The van der Waals surface area contributed by atoms with Crippen LogP contribution in [0, 0.1) is 0 Å². The Hall–Kier alpha value is -2.88. The van der Waals surface area contributed by atoms with Crippen LogP contribution in [-0.2, 0) is 26.0 Å². The van der Waals surface area contributed by atoms with E-state index in [2.05, 4.69) is 10.2 Å². The molecule has 3 aliphatic heterocycles. The van der Waals surface area contributed by atoms with E-state index in [0.717, 1.165) is 54.9 Å². The van der Waals surface area contributed by atoms with Crippen molar-refractivity contribution in [1.82, 2.24) is 4.31 Å². The molecule has 0 radical (unpaired) electrons. The number of carbonyl (C=O) groups excluding carboxylic acids is 1. The Morgan fingerprint density at radius 1 is 0.971 bits per heavy atom. The molecule has 0 atom stereocenters. The van der Waals surface area contributed by atoms with E-state index in [1.165, 1.54) is 10.4 Å². The zero-order valence-corrected chi connectivity index (χ0v) is 19.9. The largest absolute Gasteiger partial charge is 0.493 e. The molecule has 0 saturated carbocycles. The Morgan fingerprint density at radius 2 is 1.76 bits per heavy atom. The molecule has 180 valence electrons. The summed E-state index contributed by atoms with van der Waals surface area (Å²) in [5, 5.41) is 2.93. The molecule has 0 bridgehead atoms. The van der Waals surface area contributed by atoms with Gasteiger partial charge in [-0.3, -0.25) is 4.79 Å². The number of nitrogens with zero attached hydrogens (tertiary/aromatic N) is 2. The number of anilines is 2. The number of benzene rings is 2. The third-order valence-corrected chi connectivity index (χ3v) is 8.32. The smallest absolute Gasteiger partial charge is 0.248 e. The molecule has 1 amide bonds. The highest BCUT2D eigenvalue weighted by atomic mass is 32.2. The second-order valence-electron chi connectivity index (χ2n) is 8.68. The second kappa shape index (κ2) is 9.77. The van der Waals surface area contributed by atoms with E-state index in [-0.39, 0.29) is 10.8 Å². The molecule has 2 saturated heterocycles. The van der Waals surface area contributed by atoms with Gasteiger partial charge in [-0.25, -0.2) is 8.42 Å². The normalized spacial score (nSPS) is 18.8. The molecule has 2 aromatic rings. The fourth-order valence-electron chi connectivity index (χ4n) is 4.60. The van der Waals surface area contributed by atoms with Gasteiger partial charge in [0.15, 0.2) is 0 Å². The minimum Gasteiger partial charge on any atom is -0.493 e. The summed E-state index contributed by atoms with van der Waals surface area (Å²) < 4.78 is 38.6. The van der Waals surface area contributed by atoms with E-state index in [1.54, 1.807) is 24.3 Å². The molecule has 0 unspecified atom stereocenters. The minimum absolute atomic E-state index is 0.176. The lowest BCUT2D eigenvalue weighted by Gasteiger charge is -2.27. The Kier molecular flexibility index (Phi) is 6.58. The van der Waals surface area contributed by atoms with E-state index >= 15 is 0 Å². The number of nitrogens with one attached hydrogen (secondary N) is 1. The molecule has 8 nitrogen and oxygen atoms in total. The van der Waals surface area contributed by atoms with Crippen molar-refractivity contribution >= 4 is 33.4 Å². The molecule has 1 N–H and O–H groups in total. The van der Waals surface area contributed by atoms with Crippen LogP contribution in [0.1, 0.15) is 24.0 Å². The predicted molar refractivity (Wildman–Crippen MR) is 131 cm³/mol. The Morgan fingerprint density at radius 3 is 2.56 bits per heavy atom. The van der Waals surface area contributed by atoms with E-state index in [1.807, 2.05) is 18.2 Å². The zero-order chi connectivity index (χ0) is 23.5. The van der Waals surface area contributed by atoms with Crippen LogP contribution in [0.3, 0.4) is 0 Å². The number of hydrogen-bond donors (Lipinski definition) is 1. The van der Waals surface area contributed by atoms with Crippen LogP contribution < -0.4 is 15.0 Å². The maximum absolute atomic E-state index is 13.2. The summed E-state index contributed by atoms with van der Waals surface area (Å²) in [6.07, 6.45) is 6.26. The highest BCUT2D eigenvalue weighted by Gasteiger charge is 2.28. The molecule has 2 aromatic carbocycles. The van der Waals surface area contributed by atoms with Crippen molar-refractivity contribution in [3.63, 3.8) is 0 Å². The number of rotatable bonds is 6. The van der Waals surface area contributed by atoms with Gasteiger partial charge in [0.2, 0.25) is 15.9 Å². The fourth-order valence-corrected chi connectivity index (χ4v) is 6.04. The minimum atomic E-state index is -3.67. The van der Waals surface area contributed by atoms with Gasteiger partial charge in [-0.2, -0.15) is 4.31 Å². The van der Waals surface area contributed by atoms with Crippen LogP contribution >= 0.6 is 0 Å². The Bertz CT molecular complexity index is 1200. The van der Waals surface area contributed by atoms with Gasteiger partial charge in [0.1, 0.15) is 5.75 Å². The van der Waals surface area contributed by atoms with Crippen LogP contribution in [-0.4, -0.2) is 64.6 Å². The van der Waals surface area contributed by atoms with Gasteiger partial charge in [0.25, 0.3) is 0 Å². The Balaban J connectivity index is 1.39. The zero-order valence-electron chi connectivity index (χ0n) is 19.0. The number of amides is 1. The number of carbonyl (C=O) groups is 1. The molecule has 3 aliphatic rings. The second-order valence-corrected chi connectivity index (χ2v) is 10.6. The van der Waals surface area contributed by atoms with E-state index in [9.17, 15) is 13.2 Å². The average Bonchev–Trinajstić information content (AvgIpc) is 3.55. The van der Waals surface area contributed by atoms with Crippen LogP contribution in [0.5, 0.6) is 5.75 Å². The third-order valence-electron chi connectivity index (χ3n) is 6.42. The van der Waals surface area contributed by atoms with Crippen molar-refractivity contribution < 1.29 is 22.7 Å². The van der Waals surface area contributed by atoms with Gasteiger partial charge in [-0.05, 0) is 60.4 Å². The molecule has 34 heavy (non-hydrogen) atoms. The van der Waals surface area contributed by atoms with Crippen LogP contribution in [0.15, 0.2) is 47.4 Å². The first-order chi connectivity index (χ1) is 16.5. The average molecular weight is 484 g/mol. The lowest BCUT2D eigenvalue weighted by Crippen LogP contribution is -2.40. The van der Waals surface area contributed by atoms with Gasteiger partial charge >= 0.3 is 0 Å². The molecule has 2 fully saturated rings. The first-order valence-corrected chi connectivity index (χ1v) is 13.2.